The lowest BCUT2D eigenvalue weighted by Crippen LogP contribution is -2.45. The van der Waals surface area contributed by atoms with Crippen molar-refractivity contribution in [3.63, 3.8) is 0 Å². The van der Waals surface area contributed by atoms with Crippen molar-refractivity contribution in [2.45, 2.75) is 57.3 Å². The molecule has 26 heavy (non-hydrogen) atoms. The van der Waals surface area contributed by atoms with Gasteiger partial charge in [-0.2, -0.15) is 5.10 Å². The van der Waals surface area contributed by atoms with Gasteiger partial charge in [-0.3, -0.25) is 4.68 Å². The SMILES string of the molecule is C[Si](CCCN1CCCCC1)(CCCn1cncn1)c1ccc(F)cc1. The number of hydrogen-bond donors (Lipinski definition) is 0. The molecule has 0 spiro atoms. The fourth-order valence-corrected chi connectivity index (χ4v) is 7.80. The van der Waals surface area contributed by atoms with E-state index in [1.165, 1.54) is 62.6 Å². The number of aryl methyl sites for hydroxylation is 1. The van der Waals surface area contributed by atoms with E-state index in [-0.39, 0.29) is 5.82 Å². The number of rotatable bonds is 9. The monoisotopic (exact) mass is 374 g/mol. The molecule has 6 heteroatoms. The minimum absolute atomic E-state index is 0.138. The van der Waals surface area contributed by atoms with Crippen LogP contribution in [-0.2, 0) is 6.54 Å². The highest BCUT2D eigenvalue weighted by molar-refractivity contribution is 6.90. The normalized spacial score (nSPS) is 17.9. The first-order valence-corrected chi connectivity index (χ1v) is 12.9. The van der Waals surface area contributed by atoms with Crippen LogP contribution in [0.25, 0.3) is 0 Å². The van der Waals surface area contributed by atoms with E-state index in [4.69, 9.17) is 0 Å². The van der Waals surface area contributed by atoms with Crippen LogP contribution in [0.15, 0.2) is 36.9 Å². The molecule has 1 saturated heterocycles. The summed E-state index contributed by atoms with van der Waals surface area (Å²) >= 11 is 0. The summed E-state index contributed by atoms with van der Waals surface area (Å²) in [6.07, 6.45) is 9.83. The Kier molecular flexibility index (Phi) is 6.97. The molecule has 1 atom stereocenters. The summed E-state index contributed by atoms with van der Waals surface area (Å²) in [5.74, 6) is -0.138. The zero-order chi connectivity index (χ0) is 18.2. The topological polar surface area (TPSA) is 34.0 Å². The van der Waals surface area contributed by atoms with Gasteiger partial charge in [0.25, 0.3) is 0 Å². The Morgan fingerprint density at radius 2 is 1.69 bits per heavy atom. The van der Waals surface area contributed by atoms with Crippen molar-refractivity contribution >= 4 is 13.3 Å². The molecule has 1 unspecified atom stereocenters. The standard InChI is InChI=1S/C20H31FN4Si/c1-26(20-9-7-19(21)8-10-20,16-6-14-25-18-22-17-23-25)15-5-13-24-11-3-2-4-12-24/h7-10,17-18H,2-6,11-16H2,1H3. The van der Waals surface area contributed by atoms with Crippen molar-refractivity contribution in [3.05, 3.63) is 42.7 Å². The Balaban J connectivity index is 1.58. The highest BCUT2D eigenvalue weighted by Crippen LogP contribution is 2.22. The lowest BCUT2D eigenvalue weighted by atomic mass is 10.1. The molecule has 2 heterocycles. The molecule has 1 aromatic heterocycles. The maximum absolute atomic E-state index is 13.4. The second-order valence-corrected chi connectivity index (χ2v) is 12.5. The third kappa shape index (κ3) is 5.48. The Morgan fingerprint density at radius 3 is 2.35 bits per heavy atom. The number of piperidine rings is 1. The molecule has 2 aromatic rings. The molecule has 4 nitrogen and oxygen atoms in total. The van der Waals surface area contributed by atoms with E-state index >= 15 is 0 Å². The van der Waals surface area contributed by atoms with E-state index in [1.807, 2.05) is 16.8 Å². The van der Waals surface area contributed by atoms with Gasteiger partial charge in [-0.25, -0.2) is 9.37 Å². The maximum atomic E-state index is 13.4. The van der Waals surface area contributed by atoms with Gasteiger partial charge in [0.2, 0.25) is 0 Å². The summed E-state index contributed by atoms with van der Waals surface area (Å²) in [7, 11) is -1.62. The van der Waals surface area contributed by atoms with Crippen LogP contribution in [0, 0.1) is 5.82 Å². The molecular formula is C20H31FN4Si. The first kappa shape index (κ1) is 19.2. The zero-order valence-corrected chi connectivity index (χ0v) is 16.9. The third-order valence-electron chi connectivity index (χ3n) is 5.78. The number of hydrogen-bond acceptors (Lipinski definition) is 3. The van der Waals surface area contributed by atoms with E-state index in [1.54, 1.807) is 24.8 Å². The third-order valence-corrected chi connectivity index (χ3v) is 10.4. The second kappa shape index (κ2) is 9.42. The molecule has 1 aliphatic heterocycles. The minimum Gasteiger partial charge on any atom is -0.303 e. The van der Waals surface area contributed by atoms with Gasteiger partial charge in [0.05, 0.1) is 8.07 Å². The Morgan fingerprint density at radius 1 is 1.00 bits per heavy atom. The number of likely N-dealkylation sites (tertiary alicyclic amines) is 1. The van der Waals surface area contributed by atoms with E-state index in [9.17, 15) is 4.39 Å². The average Bonchev–Trinajstić information content (AvgIpc) is 3.16. The highest BCUT2D eigenvalue weighted by atomic mass is 28.3. The molecule has 1 fully saturated rings. The highest BCUT2D eigenvalue weighted by Gasteiger charge is 2.29. The van der Waals surface area contributed by atoms with Crippen molar-refractivity contribution in [1.82, 2.24) is 19.7 Å². The van der Waals surface area contributed by atoms with Crippen LogP contribution in [0.4, 0.5) is 4.39 Å². The van der Waals surface area contributed by atoms with Crippen LogP contribution in [0.3, 0.4) is 0 Å². The molecule has 3 rings (SSSR count). The molecular weight excluding hydrogens is 343 g/mol. The van der Waals surface area contributed by atoms with Gasteiger partial charge in [-0.1, -0.05) is 42.4 Å². The maximum Gasteiger partial charge on any atom is 0.137 e. The van der Waals surface area contributed by atoms with Crippen molar-refractivity contribution in [2.24, 2.45) is 0 Å². The molecule has 0 amide bonds. The minimum atomic E-state index is -1.62. The van der Waals surface area contributed by atoms with Crippen LogP contribution in [-0.4, -0.2) is 47.4 Å². The summed E-state index contributed by atoms with van der Waals surface area (Å²) in [5, 5.41) is 5.59. The lowest BCUT2D eigenvalue weighted by molar-refractivity contribution is 0.229. The smallest absolute Gasteiger partial charge is 0.137 e. The summed E-state index contributed by atoms with van der Waals surface area (Å²) in [4.78, 5) is 6.65. The van der Waals surface area contributed by atoms with Gasteiger partial charge in [-0.05, 0) is 57.5 Å². The Labute approximate surface area is 157 Å². The molecule has 1 aromatic carbocycles. The van der Waals surface area contributed by atoms with Crippen LogP contribution < -0.4 is 5.19 Å². The molecule has 1 aliphatic rings. The predicted molar refractivity (Wildman–Crippen MR) is 107 cm³/mol. The molecule has 0 aliphatic carbocycles. The van der Waals surface area contributed by atoms with Gasteiger partial charge in [0.1, 0.15) is 18.5 Å². The second-order valence-electron chi connectivity index (χ2n) is 7.84. The predicted octanol–water partition coefficient (Wildman–Crippen LogP) is 3.67. The Bertz CT molecular complexity index is 640. The first-order chi connectivity index (χ1) is 12.7. The van der Waals surface area contributed by atoms with E-state index in [0.717, 1.165) is 13.0 Å². The van der Waals surface area contributed by atoms with Crippen molar-refractivity contribution in [1.29, 1.82) is 0 Å². The van der Waals surface area contributed by atoms with Gasteiger partial charge >= 0.3 is 0 Å². The first-order valence-electron chi connectivity index (χ1n) is 9.97. The van der Waals surface area contributed by atoms with Crippen LogP contribution >= 0.6 is 0 Å². The summed E-state index contributed by atoms with van der Waals surface area (Å²) in [6.45, 7) is 7.13. The summed E-state index contributed by atoms with van der Waals surface area (Å²) < 4.78 is 15.3. The van der Waals surface area contributed by atoms with Gasteiger partial charge in [-0.15, -0.1) is 0 Å². The van der Waals surface area contributed by atoms with Crippen molar-refractivity contribution < 1.29 is 4.39 Å². The number of nitrogens with zero attached hydrogens (tertiary/aromatic N) is 4. The van der Waals surface area contributed by atoms with Crippen LogP contribution in [0.1, 0.15) is 32.1 Å². The van der Waals surface area contributed by atoms with Crippen LogP contribution in [0.5, 0.6) is 0 Å². The number of halogens is 1. The van der Waals surface area contributed by atoms with Crippen molar-refractivity contribution in [3.8, 4) is 0 Å². The van der Waals surface area contributed by atoms with E-state index < -0.39 is 8.07 Å². The van der Waals surface area contributed by atoms with Gasteiger partial charge < -0.3 is 4.90 Å². The van der Waals surface area contributed by atoms with Gasteiger partial charge in [0.15, 0.2) is 0 Å². The molecule has 0 N–H and O–H groups in total. The molecule has 0 bridgehead atoms. The fraction of sp³-hybridized carbons (Fsp3) is 0.600. The fourth-order valence-electron chi connectivity index (χ4n) is 4.12. The van der Waals surface area contributed by atoms with Gasteiger partial charge in [0, 0.05) is 6.54 Å². The quantitative estimate of drug-likeness (QED) is 0.628. The largest absolute Gasteiger partial charge is 0.303 e. The zero-order valence-electron chi connectivity index (χ0n) is 15.9. The molecule has 0 saturated carbocycles. The Hall–Kier alpha value is -1.53. The molecule has 0 radical (unpaired) electrons. The summed E-state index contributed by atoms with van der Waals surface area (Å²) in [6, 6.07) is 9.78. The molecule has 142 valence electrons. The van der Waals surface area contributed by atoms with E-state index in [0.29, 0.717) is 0 Å². The number of benzene rings is 1. The van der Waals surface area contributed by atoms with Crippen molar-refractivity contribution in [2.75, 3.05) is 19.6 Å². The summed E-state index contributed by atoms with van der Waals surface area (Å²) in [5.41, 5.74) is 0. The number of aromatic nitrogens is 3. The van der Waals surface area contributed by atoms with Crippen LogP contribution in [0.2, 0.25) is 18.6 Å². The average molecular weight is 375 g/mol. The van der Waals surface area contributed by atoms with E-state index in [2.05, 4.69) is 21.5 Å². The lowest BCUT2D eigenvalue weighted by Gasteiger charge is -2.31.